The van der Waals surface area contributed by atoms with Gasteiger partial charge in [0.2, 0.25) is 0 Å². The Hall–Kier alpha value is -1.31. The number of hydrogen-bond donors (Lipinski definition) is 0. The summed E-state index contributed by atoms with van der Waals surface area (Å²) in [4.78, 5) is 33.2. The van der Waals surface area contributed by atoms with Crippen LogP contribution in [0.15, 0.2) is 12.1 Å². The molecule has 1 aliphatic heterocycles. The summed E-state index contributed by atoms with van der Waals surface area (Å²) in [6.45, 7) is 5.72. The predicted octanol–water partition coefficient (Wildman–Crippen LogP) is 4.82. The number of nitrogens with zero attached hydrogens (tertiary/aromatic N) is 2. The average Bonchev–Trinajstić information content (AvgIpc) is 3.11. The molecule has 1 aliphatic carbocycles. The minimum Gasteiger partial charge on any atom is -0.427 e. The van der Waals surface area contributed by atoms with Crippen LogP contribution in [0.2, 0.25) is 4.34 Å². The molecular weight excluding hydrogens is 400 g/mol. The number of carbonyl (C=O) groups excluding carboxylic acids is 2. The van der Waals surface area contributed by atoms with Crippen molar-refractivity contribution in [3.05, 3.63) is 21.3 Å². The summed E-state index contributed by atoms with van der Waals surface area (Å²) in [5, 5.41) is 1.19. The Bertz CT molecular complexity index is 748. The zero-order valence-corrected chi connectivity index (χ0v) is 18.8. The van der Waals surface area contributed by atoms with E-state index in [1.807, 2.05) is 6.07 Å². The molecule has 0 atom stereocenters. The largest absolute Gasteiger partial charge is 0.534 e. The quantitative estimate of drug-likeness (QED) is 0.646. The molecule has 3 rings (SSSR count). The Labute approximate surface area is 175 Å². The van der Waals surface area contributed by atoms with Gasteiger partial charge in [0.15, 0.2) is 0 Å². The van der Waals surface area contributed by atoms with Gasteiger partial charge in [-0.05, 0) is 72.7 Å². The molecule has 1 aromatic heterocycles. The molecule has 1 aromatic rings. The minimum absolute atomic E-state index is 0.0639. The van der Waals surface area contributed by atoms with E-state index in [4.69, 9.17) is 21.2 Å². The summed E-state index contributed by atoms with van der Waals surface area (Å²) >= 11 is 7.82. The molecule has 1 amide bonds. The van der Waals surface area contributed by atoms with Crippen molar-refractivity contribution in [2.45, 2.75) is 64.0 Å². The molecule has 0 unspecified atom stereocenters. The Morgan fingerprint density at radius 1 is 1.21 bits per heavy atom. The molecule has 156 valence electrons. The third kappa shape index (κ3) is 4.31. The van der Waals surface area contributed by atoms with E-state index in [1.54, 1.807) is 32.1 Å². The summed E-state index contributed by atoms with van der Waals surface area (Å²) in [5.41, 5.74) is -0.874. The van der Waals surface area contributed by atoms with Crippen LogP contribution in [0.5, 0.6) is 0 Å². The van der Waals surface area contributed by atoms with Gasteiger partial charge in [0.25, 0.3) is 5.91 Å². The molecule has 6 nitrogen and oxygen atoms in total. The topological polar surface area (TPSA) is 59.1 Å². The fraction of sp³-hybridized carbons (Fsp3) is 0.700. The first-order chi connectivity index (χ1) is 12.9. The molecule has 1 saturated carbocycles. The number of thiophene rings is 1. The van der Waals surface area contributed by atoms with Gasteiger partial charge in [-0.1, -0.05) is 11.6 Å². The number of carbonyl (C=O) groups is 2. The second-order valence-electron chi connectivity index (χ2n) is 9.19. The Morgan fingerprint density at radius 2 is 1.86 bits per heavy atom. The van der Waals surface area contributed by atoms with Crippen LogP contribution in [-0.4, -0.2) is 48.3 Å². The van der Waals surface area contributed by atoms with Gasteiger partial charge >= 0.3 is 6.16 Å². The highest BCUT2D eigenvalue weighted by atomic mass is 35.5. The van der Waals surface area contributed by atoms with Gasteiger partial charge in [0, 0.05) is 16.7 Å². The molecule has 28 heavy (non-hydrogen) atoms. The zero-order valence-electron chi connectivity index (χ0n) is 17.2. The van der Waals surface area contributed by atoms with E-state index >= 15 is 0 Å². The van der Waals surface area contributed by atoms with Crippen LogP contribution in [0.3, 0.4) is 0 Å². The lowest BCUT2D eigenvalue weighted by molar-refractivity contribution is -0.170. The normalized spacial score (nSPS) is 28.2. The maximum absolute atomic E-state index is 12.5. The molecule has 2 fully saturated rings. The van der Waals surface area contributed by atoms with Crippen molar-refractivity contribution in [3.63, 3.8) is 0 Å². The summed E-state index contributed by atoms with van der Waals surface area (Å²) in [6.07, 6.45) is 3.23. The standard InChI is InChI=1S/C20H29ClN2O4S/c1-18(2,3)26-17(25)27-23-13-19(12-16(23)24)8-10-20(11-9-19,22(4)5)14-6-7-15(21)28-14/h6-7H,8-13H2,1-5H3. The van der Waals surface area contributed by atoms with E-state index in [0.29, 0.717) is 13.0 Å². The number of halogens is 1. The summed E-state index contributed by atoms with van der Waals surface area (Å²) in [5.74, 6) is -0.151. The van der Waals surface area contributed by atoms with Crippen LogP contribution < -0.4 is 0 Å². The summed E-state index contributed by atoms with van der Waals surface area (Å²) < 4.78 is 5.97. The second-order valence-corrected chi connectivity index (χ2v) is 10.9. The maximum Gasteiger partial charge on any atom is 0.534 e. The second kappa shape index (κ2) is 7.50. The number of amides is 1. The molecule has 1 spiro atoms. The monoisotopic (exact) mass is 428 g/mol. The van der Waals surface area contributed by atoms with Gasteiger partial charge in [-0.25, -0.2) is 4.79 Å². The molecule has 0 aromatic carbocycles. The highest BCUT2D eigenvalue weighted by molar-refractivity contribution is 7.16. The molecule has 0 radical (unpaired) electrons. The first kappa shape index (κ1) is 21.4. The molecule has 8 heteroatoms. The van der Waals surface area contributed by atoms with Gasteiger partial charge < -0.3 is 9.57 Å². The fourth-order valence-electron chi connectivity index (χ4n) is 4.31. The lowest BCUT2D eigenvalue weighted by Gasteiger charge is -2.47. The number of hydrogen-bond acceptors (Lipinski definition) is 6. The highest BCUT2D eigenvalue weighted by Gasteiger charge is 2.51. The van der Waals surface area contributed by atoms with E-state index in [9.17, 15) is 9.59 Å². The van der Waals surface area contributed by atoms with Gasteiger partial charge in [0.05, 0.1) is 16.4 Å². The SMILES string of the molecule is CN(C)C1(c2ccc(Cl)s2)CCC2(CC1)CC(=O)N(OC(=O)OC(C)(C)C)C2. The van der Waals surface area contributed by atoms with E-state index < -0.39 is 11.8 Å². The molecule has 1 saturated heterocycles. The number of rotatable bonds is 3. The third-order valence-corrected chi connectivity index (χ3v) is 7.31. The van der Waals surface area contributed by atoms with Gasteiger partial charge in [0.1, 0.15) is 5.60 Å². The van der Waals surface area contributed by atoms with Crippen LogP contribution in [0.4, 0.5) is 4.79 Å². The van der Waals surface area contributed by atoms with E-state index in [0.717, 1.165) is 30.0 Å². The highest BCUT2D eigenvalue weighted by Crippen LogP contribution is 2.53. The van der Waals surface area contributed by atoms with Crippen LogP contribution in [0.1, 0.15) is 57.8 Å². The summed E-state index contributed by atoms with van der Waals surface area (Å²) in [7, 11) is 4.20. The minimum atomic E-state index is -0.829. The van der Waals surface area contributed by atoms with Crippen LogP contribution in [0, 0.1) is 5.41 Å². The molecule has 2 heterocycles. The van der Waals surface area contributed by atoms with Gasteiger partial charge in [-0.3, -0.25) is 9.69 Å². The predicted molar refractivity (Wildman–Crippen MR) is 109 cm³/mol. The summed E-state index contributed by atoms with van der Waals surface area (Å²) in [6, 6.07) is 4.06. The number of hydroxylamine groups is 2. The van der Waals surface area contributed by atoms with Gasteiger partial charge in [-0.15, -0.1) is 11.3 Å². The van der Waals surface area contributed by atoms with Crippen molar-refractivity contribution >= 4 is 35.0 Å². The van der Waals surface area contributed by atoms with Crippen molar-refractivity contribution in [1.29, 1.82) is 0 Å². The van der Waals surface area contributed by atoms with Crippen molar-refractivity contribution < 1.29 is 19.2 Å². The van der Waals surface area contributed by atoms with Crippen molar-refractivity contribution in [1.82, 2.24) is 9.96 Å². The van der Waals surface area contributed by atoms with E-state index in [-0.39, 0.29) is 16.9 Å². The Balaban J connectivity index is 1.68. The average molecular weight is 429 g/mol. The van der Waals surface area contributed by atoms with Crippen LogP contribution in [0.25, 0.3) is 0 Å². The molecule has 0 N–H and O–H groups in total. The van der Waals surface area contributed by atoms with Gasteiger partial charge in [-0.2, -0.15) is 5.06 Å². The van der Waals surface area contributed by atoms with E-state index in [2.05, 4.69) is 25.1 Å². The maximum atomic E-state index is 12.5. The van der Waals surface area contributed by atoms with E-state index in [1.165, 1.54) is 9.94 Å². The first-order valence-corrected chi connectivity index (χ1v) is 10.8. The lowest BCUT2D eigenvalue weighted by atomic mass is 9.66. The molecule has 2 aliphatic rings. The Morgan fingerprint density at radius 3 is 2.36 bits per heavy atom. The first-order valence-electron chi connectivity index (χ1n) is 9.59. The smallest absolute Gasteiger partial charge is 0.427 e. The van der Waals surface area contributed by atoms with Crippen molar-refractivity contribution in [2.75, 3.05) is 20.6 Å². The third-order valence-electron chi connectivity index (χ3n) is 5.88. The Kier molecular flexibility index (Phi) is 5.73. The zero-order chi connectivity index (χ0) is 20.7. The van der Waals surface area contributed by atoms with Crippen LogP contribution >= 0.6 is 22.9 Å². The molecular formula is C20H29ClN2O4S. The van der Waals surface area contributed by atoms with Crippen LogP contribution in [-0.2, 0) is 19.9 Å². The number of ether oxygens (including phenoxy) is 1. The van der Waals surface area contributed by atoms with Crippen molar-refractivity contribution in [2.24, 2.45) is 5.41 Å². The fourth-order valence-corrected chi connectivity index (χ4v) is 5.68. The molecule has 0 bridgehead atoms. The lowest BCUT2D eigenvalue weighted by Crippen LogP contribution is -2.47. The van der Waals surface area contributed by atoms with Crippen molar-refractivity contribution in [3.8, 4) is 0 Å².